The van der Waals surface area contributed by atoms with Gasteiger partial charge in [-0.1, -0.05) is 6.07 Å². The van der Waals surface area contributed by atoms with E-state index in [0.29, 0.717) is 18.7 Å². The van der Waals surface area contributed by atoms with E-state index in [4.69, 9.17) is 0 Å². The second-order valence-electron chi connectivity index (χ2n) is 4.76. The van der Waals surface area contributed by atoms with Crippen molar-refractivity contribution >= 4 is 28.5 Å². The quantitative estimate of drug-likeness (QED) is 0.807. The van der Waals surface area contributed by atoms with Gasteiger partial charge in [0.25, 0.3) is 5.91 Å². The molecule has 5 heteroatoms. The SMILES string of the molecule is CCN(Cc1cccc(C)n1)C(=O)c1ccc(I)c(O)c1. The average Bonchev–Trinajstić information content (AvgIpc) is 2.47. The number of carbonyl (C=O) groups excluding carboxylic acids is 1. The number of amides is 1. The topological polar surface area (TPSA) is 53.4 Å². The number of nitrogens with zero attached hydrogens (tertiary/aromatic N) is 2. The molecule has 1 amide bonds. The number of aryl methyl sites for hydroxylation is 1. The third-order valence-corrected chi connectivity index (χ3v) is 4.07. The van der Waals surface area contributed by atoms with E-state index in [9.17, 15) is 9.90 Å². The molecule has 4 nitrogen and oxygen atoms in total. The Morgan fingerprint density at radius 3 is 2.71 bits per heavy atom. The lowest BCUT2D eigenvalue weighted by atomic mass is 10.2. The summed E-state index contributed by atoms with van der Waals surface area (Å²) in [5.41, 5.74) is 2.28. The van der Waals surface area contributed by atoms with Crippen molar-refractivity contribution in [2.75, 3.05) is 6.54 Å². The summed E-state index contributed by atoms with van der Waals surface area (Å²) in [6.07, 6.45) is 0. The number of phenols is 1. The minimum absolute atomic E-state index is 0.104. The summed E-state index contributed by atoms with van der Waals surface area (Å²) in [6, 6.07) is 10.8. The summed E-state index contributed by atoms with van der Waals surface area (Å²) in [4.78, 5) is 18.6. The number of rotatable bonds is 4. The first kappa shape index (κ1) is 15.8. The normalized spacial score (nSPS) is 10.4. The second-order valence-corrected chi connectivity index (χ2v) is 5.92. The summed E-state index contributed by atoms with van der Waals surface area (Å²) < 4.78 is 0.729. The van der Waals surface area contributed by atoms with Gasteiger partial charge >= 0.3 is 0 Å². The van der Waals surface area contributed by atoms with Crippen molar-refractivity contribution in [1.29, 1.82) is 0 Å². The number of pyridine rings is 1. The third-order valence-electron chi connectivity index (χ3n) is 3.16. The molecule has 0 saturated heterocycles. The van der Waals surface area contributed by atoms with Gasteiger partial charge in [0.1, 0.15) is 5.75 Å². The maximum Gasteiger partial charge on any atom is 0.254 e. The predicted molar refractivity (Wildman–Crippen MR) is 90.2 cm³/mol. The lowest BCUT2D eigenvalue weighted by molar-refractivity contribution is 0.0750. The van der Waals surface area contributed by atoms with Gasteiger partial charge in [-0.25, -0.2) is 0 Å². The minimum atomic E-state index is -0.104. The molecule has 2 aromatic rings. The van der Waals surface area contributed by atoms with Gasteiger partial charge in [0.05, 0.1) is 15.8 Å². The molecule has 0 aliphatic heterocycles. The zero-order valence-electron chi connectivity index (χ0n) is 12.0. The van der Waals surface area contributed by atoms with Crippen LogP contribution in [-0.2, 0) is 6.54 Å². The summed E-state index contributed by atoms with van der Waals surface area (Å²) in [6.45, 7) is 4.91. The lowest BCUT2D eigenvalue weighted by Crippen LogP contribution is -2.30. The van der Waals surface area contributed by atoms with Crippen LogP contribution in [0.1, 0.15) is 28.7 Å². The van der Waals surface area contributed by atoms with Crippen LogP contribution in [0.3, 0.4) is 0 Å². The smallest absolute Gasteiger partial charge is 0.254 e. The first-order chi connectivity index (χ1) is 10.0. The molecule has 110 valence electrons. The summed E-state index contributed by atoms with van der Waals surface area (Å²) >= 11 is 2.03. The van der Waals surface area contributed by atoms with Gasteiger partial charge in [0.2, 0.25) is 0 Å². The Morgan fingerprint density at radius 1 is 1.33 bits per heavy atom. The second kappa shape index (κ2) is 6.89. The molecular weight excluding hydrogens is 379 g/mol. The van der Waals surface area contributed by atoms with Crippen molar-refractivity contribution in [3.8, 4) is 5.75 Å². The highest BCUT2D eigenvalue weighted by Gasteiger charge is 2.16. The number of hydrogen-bond acceptors (Lipinski definition) is 3. The van der Waals surface area contributed by atoms with Crippen molar-refractivity contribution in [3.05, 3.63) is 56.9 Å². The molecule has 0 radical (unpaired) electrons. The molecule has 0 aliphatic rings. The Balaban J connectivity index is 2.20. The molecule has 0 unspecified atom stereocenters. The van der Waals surface area contributed by atoms with E-state index in [-0.39, 0.29) is 11.7 Å². The lowest BCUT2D eigenvalue weighted by Gasteiger charge is -2.21. The van der Waals surface area contributed by atoms with Crippen LogP contribution < -0.4 is 0 Å². The summed E-state index contributed by atoms with van der Waals surface area (Å²) in [7, 11) is 0. The van der Waals surface area contributed by atoms with E-state index in [2.05, 4.69) is 4.98 Å². The number of aromatic hydroxyl groups is 1. The molecule has 1 aromatic heterocycles. The molecular formula is C16H17IN2O2. The van der Waals surface area contributed by atoms with Crippen LogP contribution >= 0.6 is 22.6 Å². The van der Waals surface area contributed by atoms with Crippen molar-refractivity contribution in [2.45, 2.75) is 20.4 Å². The van der Waals surface area contributed by atoms with E-state index < -0.39 is 0 Å². The minimum Gasteiger partial charge on any atom is -0.507 e. The molecule has 21 heavy (non-hydrogen) atoms. The van der Waals surface area contributed by atoms with Crippen LogP contribution in [0.4, 0.5) is 0 Å². The van der Waals surface area contributed by atoms with Gasteiger partial charge in [-0.3, -0.25) is 9.78 Å². The number of halogens is 1. The standard InChI is InChI=1S/C16H17IN2O2/c1-3-19(10-13-6-4-5-11(2)18-13)16(21)12-7-8-14(17)15(20)9-12/h4-9,20H,3,10H2,1-2H3. The maximum absolute atomic E-state index is 12.5. The Bertz CT molecular complexity index is 658. The number of aromatic nitrogens is 1. The fourth-order valence-corrected chi connectivity index (χ4v) is 2.37. The molecule has 0 aliphatic carbocycles. The fraction of sp³-hybridized carbons (Fsp3) is 0.250. The zero-order chi connectivity index (χ0) is 15.4. The van der Waals surface area contributed by atoms with Crippen LogP contribution in [0.2, 0.25) is 0 Å². The molecule has 0 atom stereocenters. The first-order valence-corrected chi connectivity index (χ1v) is 7.79. The molecule has 2 rings (SSSR count). The molecule has 0 saturated carbocycles. The third kappa shape index (κ3) is 3.93. The van der Waals surface area contributed by atoms with Gasteiger partial charge in [0.15, 0.2) is 0 Å². The largest absolute Gasteiger partial charge is 0.507 e. The van der Waals surface area contributed by atoms with Crippen LogP contribution in [-0.4, -0.2) is 27.4 Å². The molecule has 1 aromatic carbocycles. The summed E-state index contributed by atoms with van der Waals surface area (Å²) in [5.74, 6) is 0.0266. The number of hydrogen-bond donors (Lipinski definition) is 1. The molecule has 0 spiro atoms. The average molecular weight is 396 g/mol. The fourth-order valence-electron chi connectivity index (χ4n) is 2.04. The number of carbonyl (C=O) groups is 1. The molecule has 0 bridgehead atoms. The Kier molecular flexibility index (Phi) is 5.17. The van der Waals surface area contributed by atoms with Gasteiger partial charge in [-0.15, -0.1) is 0 Å². The van der Waals surface area contributed by atoms with E-state index in [1.54, 1.807) is 17.0 Å². The highest BCUT2D eigenvalue weighted by molar-refractivity contribution is 14.1. The monoisotopic (exact) mass is 396 g/mol. The van der Waals surface area contributed by atoms with Crippen molar-refractivity contribution < 1.29 is 9.90 Å². The zero-order valence-corrected chi connectivity index (χ0v) is 14.2. The van der Waals surface area contributed by atoms with E-state index in [1.807, 2.05) is 54.6 Å². The van der Waals surface area contributed by atoms with Gasteiger partial charge in [-0.2, -0.15) is 0 Å². The Labute approximate surface area is 138 Å². The number of benzene rings is 1. The van der Waals surface area contributed by atoms with Crippen molar-refractivity contribution in [2.24, 2.45) is 0 Å². The van der Waals surface area contributed by atoms with Gasteiger partial charge in [-0.05, 0) is 66.8 Å². The summed E-state index contributed by atoms with van der Waals surface area (Å²) in [5, 5.41) is 9.74. The predicted octanol–water partition coefficient (Wildman–Crippen LogP) is 3.36. The molecule has 1 heterocycles. The van der Waals surface area contributed by atoms with Crippen LogP contribution in [0, 0.1) is 10.5 Å². The highest BCUT2D eigenvalue weighted by Crippen LogP contribution is 2.21. The van der Waals surface area contributed by atoms with Crippen LogP contribution in [0.25, 0.3) is 0 Å². The van der Waals surface area contributed by atoms with Gasteiger partial charge < -0.3 is 10.0 Å². The van der Waals surface area contributed by atoms with Crippen molar-refractivity contribution in [1.82, 2.24) is 9.88 Å². The van der Waals surface area contributed by atoms with Crippen LogP contribution in [0.5, 0.6) is 5.75 Å². The highest BCUT2D eigenvalue weighted by atomic mass is 127. The first-order valence-electron chi connectivity index (χ1n) is 6.71. The van der Waals surface area contributed by atoms with Crippen LogP contribution in [0.15, 0.2) is 36.4 Å². The van der Waals surface area contributed by atoms with Crippen molar-refractivity contribution in [3.63, 3.8) is 0 Å². The van der Waals surface area contributed by atoms with E-state index in [1.165, 1.54) is 6.07 Å². The van der Waals surface area contributed by atoms with E-state index in [0.717, 1.165) is 15.0 Å². The number of phenolic OH excluding ortho intramolecular Hbond substituents is 1. The molecule has 0 fully saturated rings. The van der Waals surface area contributed by atoms with Gasteiger partial charge in [0, 0.05) is 17.8 Å². The van der Waals surface area contributed by atoms with E-state index >= 15 is 0 Å². The Hall–Kier alpha value is -1.63. The molecule has 1 N–H and O–H groups in total. The maximum atomic E-state index is 12.5. The Morgan fingerprint density at radius 2 is 2.10 bits per heavy atom.